The van der Waals surface area contributed by atoms with Crippen LogP contribution in [0.15, 0.2) is 12.2 Å². The predicted molar refractivity (Wildman–Crippen MR) is 59.0 cm³/mol. The molecule has 0 saturated carbocycles. The SMILES string of the molecule is CC(C)(C)OC(=O)NN1C(=O)O[C@H]2C=CC[C@H]21. The largest absolute Gasteiger partial charge is 0.443 e. The summed E-state index contributed by atoms with van der Waals surface area (Å²) < 4.78 is 10.1. The van der Waals surface area contributed by atoms with E-state index in [9.17, 15) is 9.59 Å². The van der Waals surface area contributed by atoms with Crippen molar-refractivity contribution in [3.8, 4) is 0 Å². The van der Waals surface area contributed by atoms with Crippen molar-refractivity contribution in [2.75, 3.05) is 0 Å². The average molecular weight is 240 g/mol. The molecule has 0 aromatic carbocycles. The van der Waals surface area contributed by atoms with Crippen LogP contribution in [-0.2, 0) is 9.47 Å². The number of fused-ring (bicyclic) bond motifs is 1. The van der Waals surface area contributed by atoms with Crippen molar-refractivity contribution in [1.82, 2.24) is 10.4 Å². The zero-order valence-corrected chi connectivity index (χ0v) is 10.1. The van der Waals surface area contributed by atoms with E-state index >= 15 is 0 Å². The van der Waals surface area contributed by atoms with E-state index in [1.807, 2.05) is 12.2 Å². The number of rotatable bonds is 1. The van der Waals surface area contributed by atoms with Crippen LogP contribution in [0.25, 0.3) is 0 Å². The fraction of sp³-hybridized carbons (Fsp3) is 0.636. The van der Waals surface area contributed by atoms with Crippen molar-refractivity contribution in [1.29, 1.82) is 0 Å². The van der Waals surface area contributed by atoms with Crippen LogP contribution in [0, 0.1) is 0 Å². The molecule has 2 amide bonds. The Morgan fingerprint density at radius 3 is 2.94 bits per heavy atom. The van der Waals surface area contributed by atoms with E-state index < -0.39 is 17.8 Å². The van der Waals surface area contributed by atoms with Crippen molar-refractivity contribution < 1.29 is 19.1 Å². The van der Waals surface area contributed by atoms with Crippen LogP contribution in [0.5, 0.6) is 0 Å². The number of carbonyl (C=O) groups excluding carboxylic acids is 2. The summed E-state index contributed by atoms with van der Waals surface area (Å²) in [6.07, 6.45) is 2.95. The molecule has 0 radical (unpaired) electrons. The highest BCUT2D eigenvalue weighted by Gasteiger charge is 2.43. The van der Waals surface area contributed by atoms with Gasteiger partial charge < -0.3 is 9.47 Å². The summed E-state index contributed by atoms with van der Waals surface area (Å²) in [5.41, 5.74) is 1.82. The highest BCUT2D eigenvalue weighted by molar-refractivity contribution is 5.76. The first-order valence-electron chi connectivity index (χ1n) is 5.53. The molecule has 0 bridgehead atoms. The van der Waals surface area contributed by atoms with Crippen LogP contribution in [0.4, 0.5) is 9.59 Å². The Kier molecular flexibility index (Phi) is 2.73. The highest BCUT2D eigenvalue weighted by Crippen LogP contribution is 2.26. The van der Waals surface area contributed by atoms with E-state index in [1.165, 1.54) is 5.01 Å². The number of hydrogen-bond acceptors (Lipinski definition) is 4. The molecule has 0 aromatic heterocycles. The Morgan fingerprint density at radius 2 is 2.29 bits per heavy atom. The van der Waals surface area contributed by atoms with E-state index in [0.29, 0.717) is 6.42 Å². The molecule has 1 fully saturated rings. The molecule has 2 aliphatic rings. The molecule has 17 heavy (non-hydrogen) atoms. The van der Waals surface area contributed by atoms with Crippen LogP contribution < -0.4 is 5.43 Å². The molecule has 0 aromatic rings. The van der Waals surface area contributed by atoms with Gasteiger partial charge in [-0.05, 0) is 33.3 Å². The van der Waals surface area contributed by atoms with Crippen LogP contribution in [0.3, 0.4) is 0 Å². The summed E-state index contributed by atoms with van der Waals surface area (Å²) in [6.45, 7) is 5.28. The van der Waals surface area contributed by atoms with E-state index in [0.717, 1.165) is 0 Å². The first-order chi connectivity index (χ1) is 7.87. The Balaban J connectivity index is 1.95. The second-order valence-corrected chi connectivity index (χ2v) is 5.06. The topological polar surface area (TPSA) is 67.9 Å². The number of amides is 2. The fourth-order valence-electron chi connectivity index (χ4n) is 1.82. The molecule has 94 valence electrons. The Morgan fingerprint density at radius 1 is 1.59 bits per heavy atom. The Hall–Kier alpha value is -1.72. The number of carbonyl (C=O) groups is 2. The smallest absolute Gasteiger partial charge is 0.429 e. The zero-order valence-electron chi connectivity index (χ0n) is 10.1. The molecular formula is C11H16N2O4. The quantitative estimate of drug-likeness (QED) is 0.706. The molecule has 0 spiro atoms. The van der Waals surface area contributed by atoms with Gasteiger partial charge in [0.05, 0.1) is 0 Å². The van der Waals surface area contributed by atoms with Gasteiger partial charge in [-0.15, -0.1) is 0 Å². The van der Waals surface area contributed by atoms with Crippen LogP contribution in [0.1, 0.15) is 27.2 Å². The molecule has 0 unspecified atom stereocenters. The van der Waals surface area contributed by atoms with Gasteiger partial charge in [0.1, 0.15) is 17.7 Å². The minimum absolute atomic E-state index is 0.157. The third kappa shape index (κ3) is 2.51. The molecular weight excluding hydrogens is 224 g/mol. The number of hydrazine groups is 1. The third-order valence-corrected chi connectivity index (χ3v) is 2.46. The van der Waals surface area contributed by atoms with E-state index in [1.54, 1.807) is 20.8 Å². The van der Waals surface area contributed by atoms with Gasteiger partial charge in [0.2, 0.25) is 0 Å². The van der Waals surface area contributed by atoms with Crippen molar-refractivity contribution in [3.63, 3.8) is 0 Å². The van der Waals surface area contributed by atoms with E-state index in [4.69, 9.17) is 9.47 Å². The lowest BCUT2D eigenvalue weighted by atomic mass is 10.2. The van der Waals surface area contributed by atoms with Gasteiger partial charge in [0.25, 0.3) is 0 Å². The first-order valence-corrected chi connectivity index (χ1v) is 5.53. The number of nitrogens with zero attached hydrogens (tertiary/aromatic N) is 1. The highest BCUT2D eigenvalue weighted by atomic mass is 16.6. The number of hydrogen-bond donors (Lipinski definition) is 1. The maximum Gasteiger partial charge on any atom is 0.429 e. The lowest BCUT2D eigenvalue weighted by molar-refractivity contribution is 0.0355. The third-order valence-electron chi connectivity index (χ3n) is 2.46. The van der Waals surface area contributed by atoms with Crippen LogP contribution in [0.2, 0.25) is 0 Å². The molecule has 1 aliphatic heterocycles. The number of nitrogens with one attached hydrogen (secondary N) is 1. The molecule has 1 heterocycles. The number of ether oxygens (including phenoxy) is 2. The maximum atomic E-state index is 11.5. The van der Waals surface area contributed by atoms with Gasteiger partial charge in [-0.25, -0.2) is 20.0 Å². The zero-order chi connectivity index (χ0) is 12.6. The first kappa shape index (κ1) is 11.8. The molecule has 6 heteroatoms. The molecule has 1 aliphatic carbocycles. The lowest BCUT2D eigenvalue weighted by Crippen LogP contribution is -2.49. The van der Waals surface area contributed by atoms with Gasteiger partial charge in [-0.1, -0.05) is 6.08 Å². The van der Waals surface area contributed by atoms with Gasteiger partial charge in [0.15, 0.2) is 0 Å². The monoisotopic (exact) mass is 240 g/mol. The Bertz CT molecular complexity index is 372. The molecule has 2 atom stereocenters. The predicted octanol–water partition coefficient (Wildman–Crippen LogP) is 1.58. The summed E-state index contributed by atoms with van der Waals surface area (Å²) in [5, 5.41) is 1.19. The minimum Gasteiger partial charge on any atom is -0.443 e. The van der Waals surface area contributed by atoms with Crippen molar-refractivity contribution in [2.45, 2.75) is 44.9 Å². The molecule has 2 rings (SSSR count). The molecule has 6 nitrogen and oxygen atoms in total. The van der Waals surface area contributed by atoms with Gasteiger partial charge in [0, 0.05) is 0 Å². The summed E-state index contributed by atoms with van der Waals surface area (Å²) in [5.74, 6) is 0. The Labute approximate surface area is 99.5 Å². The van der Waals surface area contributed by atoms with Crippen LogP contribution >= 0.6 is 0 Å². The van der Waals surface area contributed by atoms with Crippen molar-refractivity contribution >= 4 is 12.2 Å². The average Bonchev–Trinajstić information content (AvgIpc) is 2.67. The van der Waals surface area contributed by atoms with Crippen LogP contribution in [-0.4, -0.2) is 34.9 Å². The lowest BCUT2D eigenvalue weighted by Gasteiger charge is -2.24. The van der Waals surface area contributed by atoms with Crippen molar-refractivity contribution in [2.24, 2.45) is 0 Å². The summed E-state index contributed by atoms with van der Waals surface area (Å²) in [6, 6.07) is -0.157. The van der Waals surface area contributed by atoms with E-state index in [-0.39, 0.29) is 12.1 Å². The van der Waals surface area contributed by atoms with E-state index in [2.05, 4.69) is 5.43 Å². The second kappa shape index (κ2) is 3.94. The maximum absolute atomic E-state index is 11.5. The fourth-order valence-corrected chi connectivity index (χ4v) is 1.82. The summed E-state index contributed by atoms with van der Waals surface area (Å²) in [7, 11) is 0. The van der Waals surface area contributed by atoms with Gasteiger partial charge in [-0.3, -0.25) is 0 Å². The summed E-state index contributed by atoms with van der Waals surface area (Å²) >= 11 is 0. The minimum atomic E-state index is -0.651. The van der Waals surface area contributed by atoms with Gasteiger partial charge in [-0.2, -0.15) is 0 Å². The second-order valence-electron chi connectivity index (χ2n) is 5.06. The molecule has 1 N–H and O–H groups in total. The van der Waals surface area contributed by atoms with Gasteiger partial charge >= 0.3 is 12.2 Å². The summed E-state index contributed by atoms with van der Waals surface area (Å²) in [4.78, 5) is 23.0. The normalized spacial score (nSPS) is 26.8. The molecule has 1 saturated heterocycles. The van der Waals surface area contributed by atoms with Crippen molar-refractivity contribution in [3.05, 3.63) is 12.2 Å². The standard InChI is InChI=1S/C11H16N2O4/c1-11(2,3)17-9(14)12-13-7-5-4-6-8(7)16-10(13)15/h4,6-8H,5H2,1-3H3,(H,12,14)/t7-,8+/m1/s1.